The van der Waals surface area contributed by atoms with Crippen LogP contribution in [-0.2, 0) is 57.4 Å². The molecule has 0 atom stereocenters. The first-order valence-electron chi connectivity index (χ1n) is 33.9. The molecule has 3 N–H and O–H groups in total. The lowest BCUT2D eigenvalue weighted by Gasteiger charge is -2.36. The van der Waals surface area contributed by atoms with Crippen molar-refractivity contribution in [3.63, 3.8) is 0 Å². The van der Waals surface area contributed by atoms with Crippen molar-refractivity contribution in [2.24, 2.45) is 14.1 Å². The fraction of sp³-hybridized carbons (Fsp3) is 0.514. The standard InChI is InChI=1S/C70H94N12O17S/c1-9-27-97-52-39-53(41-54(40-52)99-61-44-59-58(78(5)70(87)79(59)6)43-57(61)76-100(88,89)55-17-18-60(90-7)62(42-55)91-8)98-28-13-12-22-77(4)47-64(84)71-21-30-93-32-34-95-36-38-96-37-35-94-33-31-92-29-20-65(85)81-25-23-80(24-26-81)51-16-19-63(72-45-51)74-69-73-46-56-48(2)66(49(3)83)68(86)82(67(56)75-69)50-14-10-11-15-50/h16-19,39-46,50,76H,9-15,20-38,47H2,1-8H3,(H,71,84)(H,72,73,74,75). The first kappa shape index (κ1) is 75.3. The lowest BCUT2D eigenvalue weighted by molar-refractivity contribution is -0.132. The van der Waals surface area contributed by atoms with E-state index >= 15 is 0 Å². The Kier molecular flexibility index (Phi) is 27.8. The topological polar surface area (TPSA) is 311 Å². The van der Waals surface area contributed by atoms with Crippen LogP contribution in [0.15, 0.2) is 87.5 Å². The second kappa shape index (κ2) is 37.0. The van der Waals surface area contributed by atoms with E-state index in [1.165, 1.54) is 48.5 Å². The van der Waals surface area contributed by atoms with Crippen molar-refractivity contribution in [3.8, 4) is 34.5 Å². The molecule has 2 fully saturated rings. The number of amides is 2. The van der Waals surface area contributed by atoms with Gasteiger partial charge in [-0.25, -0.2) is 23.2 Å². The van der Waals surface area contributed by atoms with Gasteiger partial charge >= 0.3 is 5.69 Å². The summed E-state index contributed by atoms with van der Waals surface area (Å²) in [4.78, 5) is 84.6. The van der Waals surface area contributed by atoms with Crippen LogP contribution in [0, 0.1) is 6.92 Å². The number of carbonyl (C=O) groups excluding carboxylic acids is 3. The van der Waals surface area contributed by atoms with E-state index in [0.29, 0.717) is 187 Å². The molecule has 542 valence electrons. The molecule has 1 aliphatic heterocycles. The highest BCUT2D eigenvalue weighted by Gasteiger charge is 2.28. The predicted molar refractivity (Wildman–Crippen MR) is 377 cm³/mol. The number of aryl methyl sites for hydroxylation is 3. The van der Waals surface area contributed by atoms with Crippen LogP contribution >= 0.6 is 0 Å². The number of benzene rings is 3. The van der Waals surface area contributed by atoms with Gasteiger partial charge in [0.1, 0.15) is 28.7 Å². The number of sulfonamides is 1. The number of pyridine rings is 2. The average molecular weight is 1410 g/mol. The molecule has 0 spiro atoms. The maximum absolute atomic E-state index is 13.9. The molecule has 3 aromatic carbocycles. The SMILES string of the molecule is CCCOc1cc(OCCCCN(C)CC(=O)NCCOCCOCCOCCOCCOCCC(=O)N2CCN(c3ccc(Nc4ncc5c(C)c(C(C)=O)c(=O)n(C6CCCC6)c5n4)nc3)CC2)cc(Oc2cc3c(cc2NS(=O)(=O)c2ccc(OC)c(OC)c2)n(C)c(=O)n3C)c1. The largest absolute Gasteiger partial charge is 0.493 e. The van der Waals surface area contributed by atoms with Gasteiger partial charge in [-0.3, -0.25) is 42.5 Å². The van der Waals surface area contributed by atoms with Gasteiger partial charge in [0.05, 0.1) is 146 Å². The van der Waals surface area contributed by atoms with Crippen LogP contribution in [0.25, 0.3) is 22.1 Å². The van der Waals surface area contributed by atoms with Gasteiger partial charge in [-0.05, 0) is 95.4 Å². The molecule has 0 bridgehead atoms. The van der Waals surface area contributed by atoms with Gasteiger partial charge in [-0.2, -0.15) is 4.98 Å². The zero-order valence-corrected chi connectivity index (χ0v) is 59.3. The molecule has 100 heavy (non-hydrogen) atoms. The number of piperazine rings is 1. The Morgan fingerprint density at radius 3 is 1.95 bits per heavy atom. The summed E-state index contributed by atoms with van der Waals surface area (Å²) in [6, 6.07) is 16.3. The minimum atomic E-state index is -4.22. The van der Waals surface area contributed by atoms with Gasteiger partial charge in [-0.15, -0.1) is 0 Å². The number of imidazole rings is 1. The normalized spacial score (nSPS) is 13.5. The summed E-state index contributed by atoms with van der Waals surface area (Å²) in [6.45, 7) is 13.4. The lowest BCUT2D eigenvalue weighted by Crippen LogP contribution is -2.49. The third-order valence-corrected chi connectivity index (χ3v) is 18.6. The van der Waals surface area contributed by atoms with Gasteiger partial charge in [0.15, 0.2) is 23.0 Å². The van der Waals surface area contributed by atoms with Crippen LogP contribution in [-0.4, -0.2) is 211 Å². The number of unbranched alkanes of at least 4 members (excludes halogenated alkanes) is 1. The molecule has 29 nitrogen and oxygen atoms in total. The minimum Gasteiger partial charge on any atom is -0.493 e. The monoisotopic (exact) mass is 1410 g/mol. The molecule has 1 aliphatic carbocycles. The summed E-state index contributed by atoms with van der Waals surface area (Å²) >= 11 is 0. The fourth-order valence-electron chi connectivity index (χ4n) is 11.9. The number of nitrogens with zero attached hydrogens (tertiary/aromatic N) is 9. The number of aromatic nitrogens is 6. The second-order valence-electron chi connectivity index (χ2n) is 24.4. The second-order valence-corrected chi connectivity index (χ2v) is 26.1. The van der Waals surface area contributed by atoms with Crippen molar-refractivity contribution in [3.05, 3.63) is 105 Å². The Bertz CT molecular complexity index is 4130. The molecule has 4 aromatic heterocycles. The first-order chi connectivity index (χ1) is 48.4. The number of ketones is 1. The third-order valence-electron chi connectivity index (χ3n) is 17.2. The number of carbonyl (C=O) groups is 3. The maximum Gasteiger partial charge on any atom is 0.328 e. The number of rotatable bonds is 41. The third kappa shape index (κ3) is 20.4. The number of fused-ring (bicyclic) bond motifs is 2. The molecule has 1 saturated carbocycles. The predicted octanol–water partition coefficient (Wildman–Crippen LogP) is 7.17. The minimum absolute atomic E-state index is 0.0178. The first-order valence-corrected chi connectivity index (χ1v) is 35.4. The number of anilines is 4. The Balaban J connectivity index is 0.571. The van der Waals surface area contributed by atoms with E-state index in [2.05, 4.69) is 30.2 Å². The van der Waals surface area contributed by atoms with Gasteiger partial charge in [0.25, 0.3) is 15.6 Å². The average Bonchev–Trinajstić information content (AvgIpc) is 1.18. The number of ether oxygens (including phenoxy) is 10. The highest BCUT2D eigenvalue weighted by molar-refractivity contribution is 7.92. The van der Waals surface area contributed by atoms with Crippen LogP contribution < -0.4 is 55.2 Å². The molecule has 0 unspecified atom stereocenters. The van der Waals surface area contributed by atoms with E-state index in [1.807, 2.05) is 35.9 Å². The Morgan fingerprint density at radius 2 is 1.32 bits per heavy atom. The number of hydrogen-bond donors (Lipinski definition) is 3. The van der Waals surface area contributed by atoms with Gasteiger partial charge in [-0.1, -0.05) is 19.8 Å². The van der Waals surface area contributed by atoms with Crippen molar-refractivity contribution in [2.45, 2.75) is 83.1 Å². The molecule has 5 heterocycles. The molecule has 2 amide bonds. The Hall–Kier alpha value is -8.91. The van der Waals surface area contributed by atoms with E-state index in [0.717, 1.165) is 44.2 Å². The Labute approximate surface area is 582 Å². The summed E-state index contributed by atoms with van der Waals surface area (Å²) < 4.78 is 92.3. The summed E-state index contributed by atoms with van der Waals surface area (Å²) in [5.41, 5.74) is 2.69. The zero-order valence-electron chi connectivity index (χ0n) is 58.5. The number of methoxy groups -OCH3 is 2. The van der Waals surface area contributed by atoms with E-state index in [1.54, 1.807) is 68.3 Å². The fourth-order valence-corrected chi connectivity index (χ4v) is 13.0. The molecule has 7 aromatic rings. The van der Waals surface area contributed by atoms with Crippen molar-refractivity contribution in [1.82, 2.24) is 43.8 Å². The number of likely N-dealkylation sites (N-methyl/N-ethyl adjacent to an activating group) is 1. The van der Waals surface area contributed by atoms with Crippen molar-refractivity contribution < 1.29 is 70.2 Å². The molecule has 9 rings (SSSR count). The summed E-state index contributed by atoms with van der Waals surface area (Å²) in [6.07, 6.45) is 9.66. The summed E-state index contributed by atoms with van der Waals surface area (Å²) in [7, 11) is 3.75. The smallest absolute Gasteiger partial charge is 0.328 e. The van der Waals surface area contributed by atoms with Crippen molar-refractivity contribution in [1.29, 1.82) is 0 Å². The molecular formula is C70H94N12O17S. The quantitative estimate of drug-likeness (QED) is 0.0252. The number of Topliss-reactive ketones (excluding diaryl/α,β-unsaturated/α-hetero) is 1. The van der Waals surface area contributed by atoms with Crippen molar-refractivity contribution >= 4 is 72.8 Å². The van der Waals surface area contributed by atoms with Crippen molar-refractivity contribution in [2.75, 3.05) is 161 Å². The molecule has 30 heteroatoms. The highest BCUT2D eigenvalue weighted by atomic mass is 32.2. The number of hydrogen-bond acceptors (Lipinski definition) is 23. The number of nitrogens with one attached hydrogen (secondary N) is 3. The molecule has 0 radical (unpaired) electrons. The summed E-state index contributed by atoms with van der Waals surface area (Å²) in [5.74, 6) is 2.47. The van der Waals surface area contributed by atoms with E-state index in [-0.39, 0.29) is 75.5 Å². The van der Waals surface area contributed by atoms with Crippen LogP contribution in [0.1, 0.15) is 87.2 Å². The maximum atomic E-state index is 13.9. The molecular weight excluding hydrogens is 1310 g/mol. The van der Waals surface area contributed by atoms with Crippen LogP contribution in [0.2, 0.25) is 0 Å². The lowest BCUT2D eigenvalue weighted by atomic mass is 10.0. The van der Waals surface area contributed by atoms with Crippen LogP contribution in [0.5, 0.6) is 34.5 Å². The van der Waals surface area contributed by atoms with E-state index in [9.17, 15) is 32.4 Å². The van der Waals surface area contributed by atoms with Crippen LogP contribution in [0.4, 0.5) is 23.1 Å². The Morgan fingerprint density at radius 1 is 0.690 bits per heavy atom. The highest BCUT2D eigenvalue weighted by Crippen LogP contribution is 2.39. The van der Waals surface area contributed by atoms with E-state index in [4.69, 9.17) is 52.4 Å². The van der Waals surface area contributed by atoms with Gasteiger partial charge in [0.2, 0.25) is 17.8 Å². The summed E-state index contributed by atoms with van der Waals surface area (Å²) in [5, 5.41) is 6.75. The molecule has 1 saturated heterocycles. The van der Waals surface area contributed by atoms with E-state index < -0.39 is 10.0 Å². The zero-order chi connectivity index (χ0) is 71.1. The van der Waals surface area contributed by atoms with Gasteiger partial charge < -0.3 is 67.8 Å². The molecule has 2 aliphatic rings. The van der Waals surface area contributed by atoms with Gasteiger partial charge in [0, 0.05) is 94.8 Å². The van der Waals surface area contributed by atoms with Crippen LogP contribution in [0.3, 0.4) is 0 Å².